The molecule has 4 heteroatoms. The Bertz CT molecular complexity index is 639. The number of nitrogens with one attached hydrogen (secondary N) is 2. The number of halogens is 1. The van der Waals surface area contributed by atoms with Crippen molar-refractivity contribution in [2.45, 2.75) is 18.8 Å². The predicted octanol–water partition coefficient (Wildman–Crippen LogP) is 3.09. The smallest absolute Gasteiger partial charge is 0.223 e. The van der Waals surface area contributed by atoms with E-state index in [0.29, 0.717) is 5.92 Å². The lowest BCUT2D eigenvalue weighted by Crippen LogP contribution is -2.28. The van der Waals surface area contributed by atoms with Crippen LogP contribution in [0.25, 0.3) is 10.8 Å². The van der Waals surface area contributed by atoms with E-state index in [1.807, 2.05) is 7.05 Å². The van der Waals surface area contributed by atoms with Crippen LogP contribution < -0.4 is 10.6 Å². The maximum absolute atomic E-state index is 12.2. The third-order valence-corrected chi connectivity index (χ3v) is 4.25. The van der Waals surface area contributed by atoms with Gasteiger partial charge in [0.15, 0.2) is 0 Å². The molecule has 3 nitrogen and oxygen atoms in total. The first kappa shape index (κ1) is 16.8. The molecule has 2 aromatic rings. The number of amides is 1. The molecule has 2 aromatic carbocycles. The van der Waals surface area contributed by atoms with Crippen molar-refractivity contribution < 1.29 is 4.79 Å². The molecule has 2 N–H and O–H groups in total. The molecule has 0 radical (unpaired) electrons. The molecule has 1 aliphatic carbocycles. The highest BCUT2D eigenvalue weighted by molar-refractivity contribution is 5.89. The van der Waals surface area contributed by atoms with Crippen molar-refractivity contribution in [3.63, 3.8) is 0 Å². The van der Waals surface area contributed by atoms with Crippen LogP contribution in [-0.4, -0.2) is 26.0 Å². The van der Waals surface area contributed by atoms with E-state index in [9.17, 15) is 4.79 Å². The zero-order chi connectivity index (χ0) is 14.7. The molecule has 2 unspecified atom stereocenters. The molecular weight excluding hydrogens is 296 g/mol. The Balaban J connectivity index is 0.00000176. The molecule has 0 aliphatic heterocycles. The van der Waals surface area contributed by atoms with Crippen molar-refractivity contribution in [2.75, 3.05) is 20.1 Å². The molecule has 1 fully saturated rings. The van der Waals surface area contributed by atoms with Gasteiger partial charge in [-0.2, -0.15) is 0 Å². The first-order valence-corrected chi connectivity index (χ1v) is 7.71. The van der Waals surface area contributed by atoms with Crippen molar-refractivity contribution in [2.24, 2.45) is 5.92 Å². The molecule has 3 rings (SSSR count). The van der Waals surface area contributed by atoms with Gasteiger partial charge in [0, 0.05) is 12.5 Å². The van der Waals surface area contributed by atoms with E-state index >= 15 is 0 Å². The minimum absolute atomic E-state index is 0. The Morgan fingerprint density at radius 2 is 1.91 bits per heavy atom. The van der Waals surface area contributed by atoms with E-state index in [1.165, 1.54) is 16.3 Å². The second-order valence-electron chi connectivity index (χ2n) is 5.77. The second kappa shape index (κ2) is 7.61. The Hall–Kier alpha value is -1.58. The summed E-state index contributed by atoms with van der Waals surface area (Å²) in [7, 11) is 1.93. The molecule has 2 atom stereocenters. The van der Waals surface area contributed by atoms with Gasteiger partial charge in [0.05, 0.1) is 0 Å². The summed E-state index contributed by atoms with van der Waals surface area (Å²) in [6.45, 7) is 1.70. The molecule has 1 amide bonds. The van der Waals surface area contributed by atoms with E-state index in [1.54, 1.807) is 0 Å². The van der Waals surface area contributed by atoms with Crippen molar-refractivity contribution in [1.82, 2.24) is 10.6 Å². The van der Waals surface area contributed by atoms with Crippen LogP contribution in [0, 0.1) is 5.92 Å². The summed E-state index contributed by atoms with van der Waals surface area (Å²) in [6, 6.07) is 14.8. The topological polar surface area (TPSA) is 41.1 Å². The van der Waals surface area contributed by atoms with Crippen LogP contribution in [0.15, 0.2) is 42.5 Å². The molecule has 22 heavy (non-hydrogen) atoms. The third-order valence-electron chi connectivity index (χ3n) is 4.25. The number of fused-ring (bicyclic) bond motifs is 1. The van der Waals surface area contributed by atoms with E-state index in [4.69, 9.17) is 0 Å². The van der Waals surface area contributed by atoms with Crippen LogP contribution in [0.4, 0.5) is 0 Å². The summed E-state index contributed by atoms with van der Waals surface area (Å²) >= 11 is 0. The van der Waals surface area contributed by atoms with Gasteiger partial charge in [-0.1, -0.05) is 42.5 Å². The fraction of sp³-hybridized carbons (Fsp3) is 0.389. The fourth-order valence-corrected chi connectivity index (χ4v) is 3.01. The standard InChI is InChI=1S/C18H22N2O.ClH/c1-19-10-5-11-20-18(21)17-12-16(17)15-9-4-7-13-6-2-3-8-14(13)15;/h2-4,6-9,16-17,19H,5,10-12H2,1H3,(H,20,21);1H. The lowest BCUT2D eigenvalue weighted by molar-refractivity contribution is -0.122. The van der Waals surface area contributed by atoms with Crippen molar-refractivity contribution in [1.29, 1.82) is 0 Å². The number of hydrogen-bond acceptors (Lipinski definition) is 2. The summed E-state index contributed by atoms with van der Waals surface area (Å²) < 4.78 is 0. The minimum Gasteiger partial charge on any atom is -0.356 e. The summed E-state index contributed by atoms with van der Waals surface area (Å²) in [6.07, 6.45) is 1.96. The summed E-state index contributed by atoms with van der Waals surface area (Å²) in [5, 5.41) is 8.68. The van der Waals surface area contributed by atoms with Gasteiger partial charge in [-0.05, 0) is 48.7 Å². The molecule has 0 heterocycles. The van der Waals surface area contributed by atoms with Gasteiger partial charge in [0.2, 0.25) is 5.91 Å². The largest absolute Gasteiger partial charge is 0.356 e. The lowest BCUT2D eigenvalue weighted by atomic mass is 10.00. The number of hydrogen-bond donors (Lipinski definition) is 2. The van der Waals surface area contributed by atoms with E-state index in [2.05, 4.69) is 53.1 Å². The number of carbonyl (C=O) groups is 1. The molecule has 118 valence electrons. The van der Waals surface area contributed by atoms with Gasteiger partial charge < -0.3 is 10.6 Å². The van der Waals surface area contributed by atoms with Crippen LogP contribution >= 0.6 is 12.4 Å². The fourth-order valence-electron chi connectivity index (χ4n) is 3.01. The average Bonchev–Trinajstić information content (AvgIpc) is 3.31. The van der Waals surface area contributed by atoms with E-state index in [-0.39, 0.29) is 24.2 Å². The molecule has 0 saturated heterocycles. The predicted molar refractivity (Wildman–Crippen MR) is 93.6 cm³/mol. The SMILES string of the molecule is CNCCCNC(=O)C1CC1c1cccc2ccccc12.Cl. The first-order valence-electron chi connectivity index (χ1n) is 7.71. The van der Waals surface area contributed by atoms with Crippen LogP contribution in [0.2, 0.25) is 0 Å². The first-order chi connectivity index (χ1) is 10.3. The number of rotatable bonds is 6. The van der Waals surface area contributed by atoms with Crippen LogP contribution in [0.5, 0.6) is 0 Å². The molecule has 0 aromatic heterocycles. The third kappa shape index (κ3) is 3.60. The van der Waals surface area contributed by atoms with Crippen LogP contribution in [0.3, 0.4) is 0 Å². The summed E-state index contributed by atoms with van der Waals surface area (Å²) in [5.74, 6) is 0.759. The van der Waals surface area contributed by atoms with E-state index in [0.717, 1.165) is 25.9 Å². The highest BCUT2D eigenvalue weighted by atomic mass is 35.5. The van der Waals surface area contributed by atoms with Gasteiger partial charge in [0.1, 0.15) is 0 Å². The highest BCUT2D eigenvalue weighted by Crippen LogP contribution is 2.49. The maximum atomic E-state index is 12.2. The zero-order valence-electron chi connectivity index (χ0n) is 12.8. The molecule has 0 bridgehead atoms. The molecule has 1 saturated carbocycles. The second-order valence-corrected chi connectivity index (χ2v) is 5.77. The van der Waals surface area contributed by atoms with E-state index < -0.39 is 0 Å². The van der Waals surface area contributed by atoms with Crippen molar-refractivity contribution in [3.8, 4) is 0 Å². The normalized spacial score (nSPS) is 19.5. The van der Waals surface area contributed by atoms with Crippen LogP contribution in [0.1, 0.15) is 24.3 Å². The van der Waals surface area contributed by atoms with Crippen LogP contribution in [-0.2, 0) is 4.79 Å². The Morgan fingerprint density at radius 3 is 2.73 bits per heavy atom. The van der Waals surface area contributed by atoms with Gasteiger partial charge in [-0.15, -0.1) is 12.4 Å². The monoisotopic (exact) mass is 318 g/mol. The quantitative estimate of drug-likeness (QED) is 0.804. The molecule has 0 spiro atoms. The van der Waals surface area contributed by atoms with Gasteiger partial charge in [-0.25, -0.2) is 0 Å². The molecule has 1 aliphatic rings. The van der Waals surface area contributed by atoms with Gasteiger partial charge >= 0.3 is 0 Å². The Kier molecular flexibility index (Phi) is 5.81. The molecular formula is C18H23ClN2O. The minimum atomic E-state index is 0. The van der Waals surface area contributed by atoms with Gasteiger partial charge in [-0.3, -0.25) is 4.79 Å². The number of carbonyl (C=O) groups excluding carboxylic acids is 1. The Morgan fingerprint density at radius 1 is 1.14 bits per heavy atom. The highest BCUT2D eigenvalue weighted by Gasteiger charge is 2.44. The number of benzene rings is 2. The summed E-state index contributed by atoms with van der Waals surface area (Å²) in [5.41, 5.74) is 1.32. The lowest BCUT2D eigenvalue weighted by Gasteiger charge is -2.07. The zero-order valence-corrected chi connectivity index (χ0v) is 13.7. The average molecular weight is 319 g/mol. The van der Waals surface area contributed by atoms with Gasteiger partial charge in [0.25, 0.3) is 0 Å². The van der Waals surface area contributed by atoms with Crippen molar-refractivity contribution in [3.05, 3.63) is 48.0 Å². The Labute approximate surface area is 137 Å². The maximum Gasteiger partial charge on any atom is 0.223 e. The van der Waals surface area contributed by atoms with Crippen molar-refractivity contribution >= 4 is 29.1 Å². The summed E-state index contributed by atoms with van der Waals surface area (Å²) in [4.78, 5) is 12.2.